The van der Waals surface area contributed by atoms with Gasteiger partial charge in [-0.25, -0.2) is 4.98 Å². The molecule has 1 fully saturated rings. The van der Waals surface area contributed by atoms with Gasteiger partial charge in [0.2, 0.25) is 0 Å². The molecule has 0 N–H and O–H groups in total. The first-order valence-corrected chi connectivity index (χ1v) is 6.03. The third-order valence-corrected chi connectivity index (χ3v) is 2.78. The lowest BCUT2D eigenvalue weighted by Gasteiger charge is -2.29. The maximum absolute atomic E-state index is 5.90. The minimum absolute atomic E-state index is 0.460. The molecule has 1 aromatic rings. The fourth-order valence-electron chi connectivity index (χ4n) is 1.83. The number of halogens is 1. The number of morpholine rings is 1. The van der Waals surface area contributed by atoms with Crippen LogP contribution in [-0.2, 0) is 11.2 Å². The Balaban J connectivity index is 2.24. The summed E-state index contributed by atoms with van der Waals surface area (Å²) in [6.45, 7) is 5.37. The van der Waals surface area contributed by atoms with Crippen LogP contribution in [0.25, 0.3) is 0 Å². The summed E-state index contributed by atoms with van der Waals surface area (Å²) in [5, 5.41) is 0.460. The summed E-state index contributed by atoms with van der Waals surface area (Å²) in [5.74, 6) is 0.928. The number of rotatable bonds is 3. The van der Waals surface area contributed by atoms with Gasteiger partial charge in [0.05, 0.1) is 25.1 Å². The Kier molecular flexibility index (Phi) is 3.96. The largest absolute Gasteiger partial charge is 0.378 e. The number of anilines is 1. The van der Waals surface area contributed by atoms with E-state index in [0.717, 1.165) is 50.7 Å². The van der Waals surface area contributed by atoms with Crippen molar-refractivity contribution in [1.82, 2.24) is 9.97 Å². The van der Waals surface area contributed by atoms with Crippen LogP contribution in [0.15, 0.2) is 6.20 Å². The Labute approximate surface area is 101 Å². The number of hydrogen-bond donors (Lipinski definition) is 0. The van der Waals surface area contributed by atoms with Gasteiger partial charge in [-0.1, -0.05) is 24.9 Å². The molecule has 4 nitrogen and oxygen atoms in total. The fourth-order valence-corrected chi connectivity index (χ4v) is 1.95. The van der Waals surface area contributed by atoms with Gasteiger partial charge in [-0.05, 0) is 6.42 Å². The van der Waals surface area contributed by atoms with E-state index in [9.17, 15) is 0 Å². The minimum Gasteiger partial charge on any atom is -0.378 e. The fraction of sp³-hybridized carbons (Fsp3) is 0.636. The summed E-state index contributed by atoms with van der Waals surface area (Å²) >= 11 is 5.90. The van der Waals surface area contributed by atoms with E-state index in [1.807, 2.05) is 0 Å². The number of hydrogen-bond acceptors (Lipinski definition) is 4. The van der Waals surface area contributed by atoms with E-state index in [4.69, 9.17) is 16.3 Å². The highest BCUT2D eigenvalue weighted by atomic mass is 35.5. The zero-order chi connectivity index (χ0) is 11.4. The highest BCUT2D eigenvalue weighted by Gasteiger charge is 2.17. The van der Waals surface area contributed by atoms with E-state index in [1.54, 1.807) is 6.20 Å². The van der Waals surface area contributed by atoms with Crippen LogP contribution in [0.2, 0.25) is 5.15 Å². The first-order chi connectivity index (χ1) is 7.81. The van der Waals surface area contributed by atoms with Gasteiger partial charge in [0.25, 0.3) is 0 Å². The van der Waals surface area contributed by atoms with E-state index in [2.05, 4.69) is 21.8 Å². The van der Waals surface area contributed by atoms with Gasteiger partial charge in [0.1, 0.15) is 5.15 Å². The Morgan fingerprint density at radius 1 is 1.44 bits per heavy atom. The highest BCUT2D eigenvalue weighted by Crippen LogP contribution is 2.20. The van der Waals surface area contributed by atoms with Crippen LogP contribution >= 0.6 is 11.6 Å². The smallest absolute Gasteiger partial charge is 0.152 e. The van der Waals surface area contributed by atoms with Gasteiger partial charge < -0.3 is 9.64 Å². The number of aryl methyl sites for hydroxylation is 1. The molecule has 1 aliphatic heterocycles. The normalized spacial score (nSPS) is 16.5. The van der Waals surface area contributed by atoms with Crippen molar-refractivity contribution in [3.8, 4) is 0 Å². The predicted molar refractivity (Wildman–Crippen MR) is 64.1 cm³/mol. The molecule has 0 radical (unpaired) electrons. The van der Waals surface area contributed by atoms with Gasteiger partial charge in [-0.3, -0.25) is 4.98 Å². The molecule has 0 bridgehead atoms. The molecule has 0 amide bonds. The number of nitrogens with zero attached hydrogens (tertiary/aromatic N) is 3. The van der Waals surface area contributed by atoms with Gasteiger partial charge >= 0.3 is 0 Å². The maximum Gasteiger partial charge on any atom is 0.152 e. The zero-order valence-corrected chi connectivity index (χ0v) is 10.2. The average Bonchev–Trinajstić information content (AvgIpc) is 2.33. The van der Waals surface area contributed by atoms with Crippen molar-refractivity contribution < 1.29 is 4.74 Å². The molecule has 2 rings (SSSR count). The summed E-state index contributed by atoms with van der Waals surface area (Å²) in [7, 11) is 0. The Hall–Kier alpha value is -0.870. The van der Waals surface area contributed by atoms with Gasteiger partial charge in [-0.15, -0.1) is 0 Å². The molecular formula is C11H16ClN3O. The Morgan fingerprint density at radius 3 is 2.88 bits per heavy atom. The van der Waals surface area contributed by atoms with Crippen LogP contribution in [0.1, 0.15) is 19.0 Å². The second kappa shape index (κ2) is 5.46. The highest BCUT2D eigenvalue weighted by molar-refractivity contribution is 6.29. The molecule has 0 aliphatic carbocycles. The molecule has 0 spiro atoms. The third-order valence-electron chi connectivity index (χ3n) is 2.60. The van der Waals surface area contributed by atoms with Crippen molar-refractivity contribution >= 4 is 17.4 Å². The maximum atomic E-state index is 5.90. The molecule has 16 heavy (non-hydrogen) atoms. The summed E-state index contributed by atoms with van der Waals surface area (Å²) in [5.41, 5.74) is 1.04. The third kappa shape index (κ3) is 2.62. The van der Waals surface area contributed by atoms with Crippen molar-refractivity contribution in [2.45, 2.75) is 19.8 Å². The molecule has 0 aromatic carbocycles. The monoisotopic (exact) mass is 241 g/mol. The summed E-state index contributed by atoms with van der Waals surface area (Å²) in [6, 6.07) is 0. The Bertz CT molecular complexity index is 353. The van der Waals surface area contributed by atoms with Gasteiger partial charge in [-0.2, -0.15) is 0 Å². The quantitative estimate of drug-likeness (QED) is 0.811. The van der Waals surface area contributed by atoms with E-state index in [-0.39, 0.29) is 0 Å². The molecule has 1 aromatic heterocycles. The molecule has 5 heteroatoms. The zero-order valence-electron chi connectivity index (χ0n) is 9.45. The van der Waals surface area contributed by atoms with Crippen LogP contribution in [0, 0.1) is 0 Å². The van der Waals surface area contributed by atoms with Crippen molar-refractivity contribution in [3.63, 3.8) is 0 Å². The molecule has 0 saturated carbocycles. The number of ether oxygens (including phenoxy) is 1. The molecule has 1 aliphatic rings. The molecular weight excluding hydrogens is 226 g/mol. The topological polar surface area (TPSA) is 38.2 Å². The second-order valence-corrected chi connectivity index (χ2v) is 4.20. The van der Waals surface area contributed by atoms with E-state index in [0.29, 0.717) is 5.15 Å². The van der Waals surface area contributed by atoms with E-state index < -0.39 is 0 Å². The second-order valence-electron chi connectivity index (χ2n) is 3.81. The van der Waals surface area contributed by atoms with Crippen LogP contribution < -0.4 is 4.90 Å². The molecule has 1 saturated heterocycles. The molecule has 0 unspecified atom stereocenters. The van der Waals surface area contributed by atoms with Crippen molar-refractivity contribution in [2.24, 2.45) is 0 Å². The molecule has 0 atom stereocenters. The van der Waals surface area contributed by atoms with Crippen molar-refractivity contribution in [3.05, 3.63) is 17.0 Å². The molecule has 88 valence electrons. The van der Waals surface area contributed by atoms with E-state index in [1.165, 1.54) is 0 Å². The number of aromatic nitrogens is 2. The first-order valence-electron chi connectivity index (χ1n) is 5.65. The van der Waals surface area contributed by atoms with Crippen LogP contribution in [0.4, 0.5) is 5.82 Å². The lowest BCUT2D eigenvalue weighted by molar-refractivity contribution is 0.122. The SMILES string of the molecule is CCCc1ncc(Cl)nc1N1CCOCC1. The van der Waals surface area contributed by atoms with Gasteiger partial charge in [0.15, 0.2) is 5.82 Å². The predicted octanol–water partition coefficient (Wildman–Crippen LogP) is 1.92. The lowest BCUT2D eigenvalue weighted by Crippen LogP contribution is -2.37. The van der Waals surface area contributed by atoms with E-state index >= 15 is 0 Å². The first kappa shape index (κ1) is 11.6. The molecule has 2 heterocycles. The lowest BCUT2D eigenvalue weighted by atomic mass is 10.2. The standard InChI is InChI=1S/C11H16ClN3O/c1-2-3-9-11(14-10(12)8-13-9)15-4-6-16-7-5-15/h8H,2-7H2,1H3. The summed E-state index contributed by atoms with van der Waals surface area (Å²) < 4.78 is 5.33. The van der Waals surface area contributed by atoms with Crippen LogP contribution in [-0.4, -0.2) is 36.3 Å². The average molecular weight is 242 g/mol. The Morgan fingerprint density at radius 2 is 2.19 bits per heavy atom. The summed E-state index contributed by atoms with van der Waals surface area (Å²) in [6.07, 6.45) is 3.63. The van der Waals surface area contributed by atoms with Crippen molar-refractivity contribution in [1.29, 1.82) is 0 Å². The van der Waals surface area contributed by atoms with Crippen LogP contribution in [0.5, 0.6) is 0 Å². The van der Waals surface area contributed by atoms with Crippen LogP contribution in [0.3, 0.4) is 0 Å². The van der Waals surface area contributed by atoms with Crippen molar-refractivity contribution in [2.75, 3.05) is 31.2 Å². The summed E-state index contributed by atoms with van der Waals surface area (Å²) in [4.78, 5) is 11.0. The minimum atomic E-state index is 0.460. The van der Waals surface area contributed by atoms with Gasteiger partial charge in [0, 0.05) is 13.1 Å².